The van der Waals surface area contributed by atoms with E-state index >= 15 is 0 Å². The lowest BCUT2D eigenvalue weighted by atomic mass is 9.54. The molecule has 1 fully saturated rings. The van der Waals surface area contributed by atoms with Gasteiger partial charge in [-0.15, -0.1) is 0 Å². The van der Waals surface area contributed by atoms with Gasteiger partial charge in [-0.25, -0.2) is 0 Å². The van der Waals surface area contributed by atoms with E-state index in [-0.39, 0.29) is 17.4 Å². The predicted molar refractivity (Wildman–Crippen MR) is 87.0 cm³/mol. The van der Waals surface area contributed by atoms with Crippen LogP contribution in [0.25, 0.3) is 0 Å². The summed E-state index contributed by atoms with van der Waals surface area (Å²) in [6.07, 6.45) is 4.01. The van der Waals surface area contributed by atoms with Crippen LogP contribution in [-0.2, 0) is 9.53 Å². The molecule has 0 aliphatic heterocycles. The molecule has 0 spiro atoms. The highest BCUT2D eigenvalue weighted by molar-refractivity contribution is 5.88. The smallest absolute Gasteiger partial charge is 0.240 e. The minimum Gasteiger partial charge on any atom is -0.378 e. The normalized spacial score (nSPS) is 28.0. The summed E-state index contributed by atoms with van der Waals surface area (Å²) in [5.41, 5.74) is 5.60. The molecule has 0 aromatic carbocycles. The number of nitrogens with two attached hydrogens (primary N) is 1. The van der Waals surface area contributed by atoms with Crippen LogP contribution >= 0.6 is 0 Å². The summed E-state index contributed by atoms with van der Waals surface area (Å²) in [5.74, 6) is -0.0285. The van der Waals surface area contributed by atoms with Gasteiger partial charge < -0.3 is 15.8 Å². The summed E-state index contributed by atoms with van der Waals surface area (Å²) < 4.78 is 5.66. The average Bonchev–Trinajstić information content (AvgIpc) is 2.36. The Kier molecular flexibility index (Phi) is 5.84. The zero-order valence-corrected chi connectivity index (χ0v) is 14.7. The van der Waals surface area contributed by atoms with Crippen molar-refractivity contribution in [3.63, 3.8) is 0 Å². The maximum Gasteiger partial charge on any atom is 0.240 e. The van der Waals surface area contributed by atoms with Gasteiger partial charge in [0, 0.05) is 25.0 Å². The number of hydrogen-bond donors (Lipinski definition) is 2. The zero-order chi connectivity index (χ0) is 16.3. The molecule has 0 aromatic heterocycles. The van der Waals surface area contributed by atoms with E-state index < -0.39 is 5.54 Å². The number of carbonyl (C=O) groups is 1. The first-order valence-corrected chi connectivity index (χ1v) is 8.23. The second-order valence-electron chi connectivity index (χ2n) is 8.11. The number of hydrogen-bond acceptors (Lipinski definition) is 3. The van der Waals surface area contributed by atoms with Gasteiger partial charge in [0.2, 0.25) is 5.91 Å². The molecule has 0 saturated heterocycles. The van der Waals surface area contributed by atoms with Crippen LogP contribution in [0.15, 0.2) is 0 Å². The van der Waals surface area contributed by atoms with Gasteiger partial charge in [0.1, 0.15) is 5.54 Å². The van der Waals surface area contributed by atoms with Crippen LogP contribution in [0.3, 0.4) is 0 Å². The van der Waals surface area contributed by atoms with Gasteiger partial charge in [-0.1, -0.05) is 41.0 Å². The topological polar surface area (TPSA) is 64.3 Å². The highest BCUT2D eigenvalue weighted by Crippen LogP contribution is 2.49. The Hall–Kier alpha value is -0.610. The second-order valence-corrected chi connectivity index (χ2v) is 8.11. The van der Waals surface area contributed by atoms with E-state index in [2.05, 4.69) is 26.1 Å². The molecule has 21 heavy (non-hydrogen) atoms. The molecule has 0 bridgehead atoms. The third kappa shape index (κ3) is 4.19. The van der Waals surface area contributed by atoms with Crippen LogP contribution in [0, 0.1) is 10.8 Å². The van der Waals surface area contributed by atoms with E-state index in [1.807, 2.05) is 20.8 Å². The molecular formula is C17H34N2O2. The van der Waals surface area contributed by atoms with E-state index in [0.29, 0.717) is 25.0 Å². The van der Waals surface area contributed by atoms with Crippen molar-refractivity contribution in [3.8, 4) is 0 Å². The Balaban J connectivity index is 2.36. The molecular weight excluding hydrogens is 264 g/mol. The van der Waals surface area contributed by atoms with E-state index in [4.69, 9.17) is 10.5 Å². The summed E-state index contributed by atoms with van der Waals surface area (Å²) in [4.78, 5) is 12.4. The number of nitrogens with one attached hydrogen (secondary N) is 1. The molecule has 2 unspecified atom stereocenters. The third-order valence-electron chi connectivity index (χ3n) is 4.87. The molecule has 0 radical (unpaired) electrons. The van der Waals surface area contributed by atoms with E-state index in [1.54, 1.807) is 0 Å². The molecule has 1 amide bonds. The van der Waals surface area contributed by atoms with Crippen LogP contribution in [0.5, 0.6) is 0 Å². The van der Waals surface area contributed by atoms with Gasteiger partial charge in [0.15, 0.2) is 0 Å². The molecule has 4 nitrogen and oxygen atoms in total. The predicted octanol–water partition coefficient (Wildman–Crippen LogP) is 2.85. The van der Waals surface area contributed by atoms with Crippen LogP contribution in [0.2, 0.25) is 0 Å². The maximum atomic E-state index is 12.4. The molecule has 1 aliphatic rings. The van der Waals surface area contributed by atoms with Gasteiger partial charge in [0.05, 0.1) is 6.10 Å². The number of ether oxygens (including phenoxy) is 1. The minimum atomic E-state index is -0.795. The van der Waals surface area contributed by atoms with E-state index in [0.717, 1.165) is 12.8 Å². The molecule has 2 atom stereocenters. The van der Waals surface area contributed by atoms with Crippen molar-refractivity contribution in [1.82, 2.24) is 5.32 Å². The van der Waals surface area contributed by atoms with Gasteiger partial charge in [-0.2, -0.15) is 0 Å². The lowest BCUT2D eigenvalue weighted by Crippen LogP contribution is -2.75. The average molecular weight is 298 g/mol. The van der Waals surface area contributed by atoms with Gasteiger partial charge in [-0.3, -0.25) is 4.79 Å². The Labute approximate surface area is 130 Å². The number of unbranched alkanes of at least 4 members (excludes halogenated alkanes) is 1. The summed E-state index contributed by atoms with van der Waals surface area (Å²) in [6, 6.07) is 0. The Morgan fingerprint density at radius 3 is 2.43 bits per heavy atom. The first-order valence-electron chi connectivity index (χ1n) is 8.23. The lowest BCUT2D eigenvalue weighted by Gasteiger charge is -2.57. The van der Waals surface area contributed by atoms with Crippen molar-refractivity contribution in [2.75, 3.05) is 13.2 Å². The number of carbonyl (C=O) groups excluding carboxylic acids is 1. The van der Waals surface area contributed by atoms with Crippen molar-refractivity contribution in [2.45, 2.75) is 78.9 Å². The van der Waals surface area contributed by atoms with Crippen molar-refractivity contribution in [1.29, 1.82) is 0 Å². The monoisotopic (exact) mass is 298 g/mol. The van der Waals surface area contributed by atoms with Crippen LogP contribution in [0.4, 0.5) is 0 Å². The van der Waals surface area contributed by atoms with Gasteiger partial charge in [-0.05, 0) is 25.2 Å². The summed E-state index contributed by atoms with van der Waals surface area (Å²) in [6.45, 7) is 14.1. The number of amides is 1. The minimum absolute atomic E-state index is 0.0285. The van der Waals surface area contributed by atoms with E-state index in [1.165, 1.54) is 6.42 Å². The fraction of sp³-hybridized carbons (Fsp3) is 0.941. The molecule has 1 rings (SSSR count). The fourth-order valence-corrected chi connectivity index (χ4v) is 2.96. The quantitative estimate of drug-likeness (QED) is 0.710. The van der Waals surface area contributed by atoms with Gasteiger partial charge >= 0.3 is 0 Å². The summed E-state index contributed by atoms with van der Waals surface area (Å²) in [5, 5.41) is 3.01. The Morgan fingerprint density at radius 1 is 1.33 bits per heavy atom. The van der Waals surface area contributed by atoms with Crippen LogP contribution in [0.1, 0.15) is 67.2 Å². The lowest BCUT2D eigenvalue weighted by molar-refractivity contribution is -0.170. The highest BCUT2D eigenvalue weighted by Gasteiger charge is 2.62. The molecule has 4 heteroatoms. The van der Waals surface area contributed by atoms with Crippen LogP contribution in [-0.4, -0.2) is 30.7 Å². The molecule has 0 aromatic rings. The standard InChI is InChI=1S/C17H34N2O2/c1-7-21-13-12-17(18,16(13,5)6)14(20)19-11-9-8-10-15(2,3)4/h13H,7-12,18H2,1-6H3,(H,19,20). The maximum absolute atomic E-state index is 12.4. The SMILES string of the molecule is CCOC1CC(N)(C(=O)NCCCCC(C)(C)C)C1(C)C. The van der Waals surface area contributed by atoms with Gasteiger partial charge in [0.25, 0.3) is 0 Å². The first kappa shape index (κ1) is 18.4. The molecule has 124 valence electrons. The van der Waals surface area contributed by atoms with Crippen molar-refractivity contribution in [2.24, 2.45) is 16.6 Å². The van der Waals surface area contributed by atoms with E-state index in [9.17, 15) is 4.79 Å². The largest absolute Gasteiger partial charge is 0.378 e. The second kappa shape index (κ2) is 6.66. The molecule has 1 saturated carbocycles. The highest BCUT2D eigenvalue weighted by atomic mass is 16.5. The molecule has 3 N–H and O–H groups in total. The van der Waals surface area contributed by atoms with Crippen LogP contribution < -0.4 is 11.1 Å². The first-order chi connectivity index (χ1) is 9.54. The Bertz CT molecular complexity index is 360. The Morgan fingerprint density at radius 2 is 1.95 bits per heavy atom. The zero-order valence-electron chi connectivity index (χ0n) is 14.7. The fourth-order valence-electron chi connectivity index (χ4n) is 2.96. The molecule has 0 heterocycles. The summed E-state index contributed by atoms with van der Waals surface area (Å²) >= 11 is 0. The molecule has 1 aliphatic carbocycles. The van der Waals surface area contributed by atoms with Crippen molar-refractivity contribution < 1.29 is 9.53 Å². The van der Waals surface area contributed by atoms with Crippen molar-refractivity contribution in [3.05, 3.63) is 0 Å². The van der Waals surface area contributed by atoms with Crippen molar-refractivity contribution >= 4 is 5.91 Å². The third-order valence-corrected chi connectivity index (χ3v) is 4.87. The summed E-state index contributed by atoms with van der Waals surface area (Å²) in [7, 11) is 0. The number of rotatable bonds is 7.